The van der Waals surface area contributed by atoms with Crippen LogP contribution in [0.25, 0.3) is 0 Å². The number of carbonyl (C=O) groups excluding carboxylic acids is 2. The second-order valence-electron chi connectivity index (χ2n) is 8.14. The van der Waals surface area contributed by atoms with Gasteiger partial charge in [-0.15, -0.1) is 0 Å². The quantitative estimate of drug-likeness (QED) is 0.775. The van der Waals surface area contributed by atoms with Crippen molar-refractivity contribution < 1.29 is 23.1 Å². The van der Waals surface area contributed by atoms with Crippen LogP contribution in [0.1, 0.15) is 48.3 Å². The number of aryl methyl sites for hydroxylation is 1. The Morgan fingerprint density at radius 1 is 1.17 bits per heavy atom. The smallest absolute Gasteiger partial charge is 0.316 e. The molecule has 2 atom stereocenters. The largest absolute Gasteiger partial charge is 0.497 e. The maximum Gasteiger partial charge on any atom is 0.316 e. The van der Waals surface area contributed by atoms with Crippen LogP contribution in [0, 0.1) is 18.6 Å². The molecule has 2 aromatic rings. The van der Waals surface area contributed by atoms with Crippen LogP contribution >= 0.6 is 0 Å². The molecule has 2 aromatic carbocycles. The lowest BCUT2D eigenvalue weighted by Gasteiger charge is -2.24. The zero-order chi connectivity index (χ0) is 21.5. The standard InChI is InChI=1S/C23H24F2N2O3/c1-13-4-3-5-14(10-13)23(8-9-23)27-22(29)26-21-16(6-7-19(21)28)20-17(24)11-15(30-2)12-18(20)25/h3-5,10-12,16,21H,6-9H2,1-2H3,(H2,26,27,29)/t16-,21-/m0/s1. The van der Waals surface area contributed by atoms with Gasteiger partial charge in [0.05, 0.1) is 18.7 Å². The summed E-state index contributed by atoms with van der Waals surface area (Å²) in [6, 6.07) is 8.62. The van der Waals surface area contributed by atoms with Crippen molar-refractivity contribution in [2.75, 3.05) is 7.11 Å². The van der Waals surface area contributed by atoms with Gasteiger partial charge in [0.25, 0.3) is 0 Å². The van der Waals surface area contributed by atoms with E-state index in [4.69, 9.17) is 4.74 Å². The summed E-state index contributed by atoms with van der Waals surface area (Å²) in [6.07, 6.45) is 2.03. The molecule has 2 N–H and O–H groups in total. The number of carbonyl (C=O) groups is 2. The van der Waals surface area contributed by atoms with Crippen LogP contribution in [-0.2, 0) is 10.3 Å². The van der Waals surface area contributed by atoms with Crippen molar-refractivity contribution in [3.63, 3.8) is 0 Å². The van der Waals surface area contributed by atoms with Crippen LogP contribution in [0.4, 0.5) is 13.6 Å². The molecule has 0 spiro atoms. The van der Waals surface area contributed by atoms with Gasteiger partial charge in [0, 0.05) is 30.0 Å². The van der Waals surface area contributed by atoms with Gasteiger partial charge in [0.1, 0.15) is 17.4 Å². The highest BCUT2D eigenvalue weighted by Crippen LogP contribution is 2.45. The van der Waals surface area contributed by atoms with E-state index < -0.39 is 35.2 Å². The lowest BCUT2D eigenvalue weighted by atomic mass is 9.92. The monoisotopic (exact) mass is 414 g/mol. The Kier molecular flexibility index (Phi) is 5.22. The third kappa shape index (κ3) is 3.76. The number of Topliss-reactive ketones (excluding diaryl/α,β-unsaturated/α-hetero) is 1. The lowest BCUT2D eigenvalue weighted by molar-refractivity contribution is -0.119. The van der Waals surface area contributed by atoms with Crippen molar-refractivity contribution >= 4 is 11.8 Å². The van der Waals surface area contributed by atoms with E-state index in [9.17, 15) is 18.4 Å². The van der Waals surface area contributed by atoms with Crippen LogP contribution in [0.15, 0.2) is 36.4 Å². The number of ether oxygens (including phenoxy) is 1. The highest BCUT2D eigenvalue weighted by molar-refractivity contribution is 5.91. The minimum Gasteiger partial charge on any atom is -0.497 e. The zero-order valence-corrected chi connectivity index (χ0v) is 16.9. The van der Waals surface area contributed by atoms with Crippen molar-refractivity contribution in [3.05, 3.63) is 64.7 Å². The van der Waals surface area contributed by atoms with Crippen molar-refractivity contribution in [1.82, 2.24) is 10.6 Å². The fraction of sp³-hybridized carbons (Fsp3) is 0.391. The Morgan fingerprint density at radius 3 is 2.47 bits per heavy atom. The molecule has 4 rings (SSSR count). The van der Waals surface area contributed by atoms with Crippen molar-refractivity contribution in [2.24, 2.45) is 0 Å². The van der Waals surface area contributed by atoms with E-state index in [0.29, 0.717) is 0 Å². The van der Waals surface area contributed by atoms with Gasteiger partial charge in [-0.25, -0.2) is 13.6 Å². The summed E-state index contributed by atoms with van der Waals surface area (Å²) in [6.45, 7) is 1.99. The number of hydrogen-bond donors (Lipinski definition) is 2. The molecular weight excluding hydrogens is 390 g/mol. The third-order valence-electron chi connectivity index (χ3n) is 6.07. The van der Waals surface area contributed by atoms with Gasteiger partial charge in [0.2, 0.25) is 0 Å². The minimum absolute atomic E-state index is 0.0640. The molecule has 0 aliphatic heterocycles. The molecule has 2 saturated carbocycles. The van der Waals surface area contributed by atoms with Crippen molar-refractivity contribution in [2.45, 2.75) is 50.1 Å². The number of ketones is 1. The fourth-order valence-corrected chi connectivity index (χ4v) is 4.32. The molecule has 2 fully saturated rings. The Bertz CT molecular complexity index is 981. The summed E-state index contributed by atoms with van der Waals surface area (Å²) in [7, 11) is 1.32. The first-order valence-electron chi connectivity index (χ1n) is 10.0. The Labute approximate surface area is 173 Å². The normalized spacial score (nSPS) is 21.9. The number of urea groups is 1. The number of nitrogens with one attached hydrogen (secondary N) is 2. The highest BCUT2D eigenvalue weighted by atomic mass is 19.1. The number of benzene rings is 2. The molecule has 2 aliphatic carbocycles. The Hall–Kier alpha value is -2.96. The molecule has 30 heavy (non-hydrogen) atoms. The van der Waals surface area contributed by atoms with E-state index in [1.807, 2.05) is 31.2 Å². The second kappa shape index (κ2) is 7.70. The lowest BCUT2D eigenvalue weighted by Crippen LogP contribution is -2.49. The molecule has 0 radical (unpaired) electrons. The number of hydrogen-bond acceptors (Lipinski definition) is 3. The van der Waals surface area contributed by atoms with Gasteiger partial charge in [0.15, 0.2) is 5.78 Å². The molecule has 2 aliphatic rings. The molecule has 0 aromatic heterocycles. The summed E-state index contributed by atoms with van der Waals surface area (Å²) >= 11 is 0. The average Bonchev–Trinajstić information content (AvgIpc) is 3.40. The molecule has 0 bridgehead atoms. The van der Waals surface area contributed by atoms with E-state index in [2.05, 4.69) is 10.6 Å². The first-order chi connectivity index (χ1) is 14.3. The van der Waals surface area contributed by atoms with Gasteiger partial charge in [-0.05, 0) is 31.7 Å². The van der Waals surface area contributed by atoms with Crippen LogP contribution in [0.2, 0.25) is 0 Å². The van der Waals surface area contributed by atoms with Gasteiger partial charge < -0.3 is 15.4 Å². The number of rotatable bonds is 5. The molecule has 2 amide bonds. The summed E-state index contributed by atoms with van der Waals surface area (Å²) in [4.78, 5) is 25.1. The summed E-state index contributed by atoms with van der Waals surface area (Å²) < 4.78 is 34.0. The Morgan fingerprint density at radius 2 is 1.87 bits per heavy atom. The van der Waals surface area contributed by atoms with Gasteiger partial charge in [-0.2, -0.15) is 0 Å². The molecule has 0 heterocycles. The first kappa shape index (κ1) is 20.3. The van der Waals surface area contributed by atoms with Crippen LogP contribution in [-0.4, -0.2) is 25.0 Å². The van der Waals surface area contributed by atoms with E-state index in [1.54, 1.807) is 0 Å². The Balaban J connectivity index is 1.52. The predicted molar refractivity (Wildman–Crippen MR) is 107 cm³/mol. The molecule has 5 nitrogen and oxygen atoms in total. The molecular formula is C23H24F2N2O3. The van der Waals surface area contributed by atoms with E-state index in [1.165, 1.54) is 7.11 Å². The maximum atomic E-state index is 14.6. The fourth-order valence-electron chi connectivity index (χ4n) is 4.32. The average molecular weight is 414 g/mol. The molecule has 0 unspecified atom stereocenters. The van der Waals surface area contributed by atoms with E-state index >= 15 is 0 Å². The van der Waals surface area contributed by atoms with Gasteiger partial charge in [-0.1, -0.05) is 29.8 Å². The second-order valence-corrected chi connectivity index (χ2v) is 8.14. The minimum atomic E-state index is -0.976. The highest BCUT2D eigenvalue weighted by Gasteiger charge is 2.47. The SMILES string of the molecule is COc1cc(F)c([C@@H]2CCC(=O)[C@H]2NC(=O)NC2(c3cccc(C)c3)CC2)c(F)c1. The molecule has 0 saturated heterocycles. The topological polar surface area (TPSA) is 67.4 Å². The predicted octanol–water partition coefficient (Wildman–Crippen LogP) is 4.09. The van der Waals surface area contributed by atoms with E-state index in [-0.39, 0.29) is 29.9 Å². The van der Waals surface area contributed by atoms with E-state index in [0.717, 1.165) is 36.1 Å². The first-order valence-corrected chi connectivity index (χ1v) is 10.0. The van der Waals surface area contributed by atoms with Crippen LogP contribution in [0.5, 0.6) is 5.75 Å². The van der Waals surface area contributed by atoms with Gasteiger partial charge in [-0.3, -0.25) is 4.79 Å². The number of methoxy groups -OCH3 is 1. The van der Waals surface area contributed by atoms with Crippen molar-refractivity contribution in [3.8, 4) is 5.75 Å². The van der Waals surface area contributed by atoms with Gasteiger partial charge >= 0.3 is 6.03 Å². The van der Waals surface area contributed by atoms with Crippen LogP contribution in [0.3, 0.4) is 0 Å². The number of amides is 2. The third-order valence-corrected chi connectivity index (χ3v) is 6.07. The van der Waals surface area contributed by atoms with Crippen molar-refractivity contribution in [1.29, 1.82) is 0 Å². The van der Waals surface area contributed by atoms with Crippen LogP contribution < -0.4 is 15.4 Å². The summed E-state index contributed by atoms with van der Waals surface area (Å²) in [5.74, 6) is -2.49. The molecule has 7 heteroatoms. The molecule has 158 valence electrons. The number of halogens is 2. The summed E-state index contributed by atoms with van der Waals surface area (Å²) in [5.41, 5.74) is 1.47. The zero-order valence-electron chi connectivity index (χ0n) is 16.9. The maximum absolute atomic E-state index is 14.6. The summed E-state index contributed by atoms with van der Waals surface area (Å²) in [5, 5.41) is 5.64.